The monoisotopic (exact) mass is 331 g/mol. The van der Waals surface area contributed by atoms with E-state index in [9.17, 15) is 5.11 Å². The molecule has 6 heteroatoms. The molecule has 110 valence electrons. The van der Waals surface area contributed by atoms with E-state index in [0.717, 1.165) is 10.9 Å². The Morgan fingerprint density at radius 1 is 1.35 bits per heavy atom. The summed E-state index contributed by atoms with van der Waals surface area (Å²) in [6.07, 6.45) is -0.476. The third-order valence-corrected chi connectivity index (χ3v) is 4.78. The number of nitrogens with zero attached hydrogens (tertiary/aromatic N) is 1. The van der Waals surface area contributed by atoms with Crippen molar-refractivity contribution in [2.24, 2.45) is 0 Å². The number of hydrogen-bond donors (Lipinski definition) is 1. The summed E-state index contributed by atoms with van der Waals surface area (Å²) >= 11 is 9.13. The lowest BCUT2D eigenvalue weighted by molar-refractivity contribution is 0.0136. The highest BCUT2D eigenvalue weighted by Crippen LogP contribution is 2.22. The molecule has 0 radical (unpaired) electrons. The maximum Gasteiger partial charge on any atom is 0.0931 e. The first-order valence-electron chi connectivity index (χ1n) is 6.34. The van der Waals surface area contributed by atoms with E-state index >= 15 is 0 Å². The lowest BCUT2D eigenvalue weighted by atomic mass is 10.3. The highest BCUT2D eigenvalue weighted by molar-refractivity contribution is 7.16. The lowest BCUT2D eigenvalue weighted by Crippen LogP contribution is -2.31. The predicted molar refractivity (Wildman–Crippen MR) is 85.6 cm³/mol. The van der Waals surface area contributed by atoms with Crippen molar-refractivity contribution in [2.45, 2.75) is 19.3 Å². The zero-order chi connectivity index (χ0) is 14.4. The molecule has 2 aromatic heterocycles. The van der Waals surface area contributed by atoms with Crippen LogP contribution in [0.25, 0.3) is 0 Å². The molecule has 0 fully saturated rings. The molecular weight excluding hydrogens is 314 g/mol. The van der Waals surface area contributed by atoms with Gasteiger partial charge in [-0.25, -0.2) is 0 Å². The molecule has 0 aliphatic heterocycles. The van der Waals surface area contributed by atoms with Gasteiger partial charge in [-0.1, -0.05) is 17.7 Å². The van der Waals surface area contributed by atoms with Gasteiger partial charge < -0.3 is 9.84 Å². The average molecular weight is 332 g/mol. The third-order valence-electron chi connectivity index (χ3n) is 2.71. The number of aliphatic hydroxyl groups excluding tert-OH is 1. The van der Waals surface area contributed by atoms with Crippen LogP contribution in [0.4, 0.5) is 0 Å². The molecule has 0 aromatic carbocycles. The minimum Gasteiger partial charge on any atom is -0.389 e. The zero-order valence-corrected chi connectivity index (χ0v) is 13.7. The Hall–Kier alpha value is -0.430. The highest BCUT2D eigenvalue weighted by Gasteiger charge is 2.10. The van der Waals surface area contributed by atoms with Gasteiger partial charge >= 0.3 is 0 Å². The van der Waals surface area contributed by atoms with Crippen LogP contribution in [-0.4, -0.2) is 36.3 Å². The summed E-state index contributed by atoms with van der Waals surface area (Å²) in [6.45, 7) is 2.30. The molecule has 20 heavy (non-hydrogen) atoms. The summed E-state index contributed by atoms with van der Waals surface area (Å²) in [6, 6.07) is 7.95. The van der Waals surface area contributed by atoms with Gasteiger partial charge in [-0.3, -0.25) is 4.90 Å². The number of ether oxygens (including phenoxy) is 1. The molecule has 0 bridgehead atoms. The number of rotatable bonds is 8. The van der Waals surface area contributed by atoms with E-state index in [-0.39, 0.29) is 0 Å². The number of thiophene rings is 2. The Morgan fingerprint density at radius 3 is 2.85 bits per heavy atom. The van der Waals surface area contributed by atoms with Gasteiger partial charge in [0.15, 0.2) is 0 Å². The molecule has 2 heterocycles. The second kappa shape index (κ2) is 8.12. The topological polar surface area (TPSA) is 32.7 Å². The lowest BCUT2D eigenvalue weighted by Gasteiger charge is -2.19. The van der Waals surface area contributed by atoms with Gasteiger partial charge in [0.2, 0.25) is 0 Å². The normalized spacial score (nSPS) is 13.0. The number of aliphatic hydroxyl groups is 1. The Labute approximate surface area is 132 Å². The Balaban J connectivity index is 1.64. The molecule has 0 amide bonds. The molecule has 0 aliphatic rings. The Kier molecular flexibility index (Phi) is 6.48. The van der Waals surface area contributed by atoms with E-state index in [2.05, 4.69) is 4.90 Å². The molecule has 0 aliphatic carbocycles. The van der Waals surface area contributed by atoms with Crippen LogP contribution >= 0.6 is 34.3 Å². The molecule has 2 rings (SSSR count). The van der Waals surface area contributed by atoms with E-state index in [4.69, 9.17) is 16.3 Å². The Morgan fingerprint density at radius 2 is 2.20 bits per heavy atom. The molecule has 0 saturated carbocycles. The summed E-state index contributed by atoms with van der Waals surface area (Å²) in [4.78, 5) is 4.45. The second-order valence-electron chi connectivity index (χ2n) is 4.65. The van der Waals surface area contributed by atoms with Crippen LogP contribution in [0.15, 0.2) is 29.6 Å². The molecule has 2 aromatic rings. The number of likely N-dealkylation sites (N-methyl/N-ethyl adjacent to an activating group) is 1. The van der Waals surface area contributed by atoms with Crippen LogP contribution < -0.4 is 0 Å². The fourth-order valence-electron chi connectivity index (χ4n) is 1.87. The fraction of sp³-hybridized carbons (Fsp3) is 0.429. The van der Waals surface area contributed by atoms with E-state index in [0.29, 0.717) is 19.8 Å². The fourth-order valence-corrected chi connectivity index (χ4v) is 3.68. The van der Waals surface area contributed by atoms with Crippen molar-refractivity contribution in [3.05, 3.63) is 43.7 Å². The SMILES string of the molecule is CN(Cc1ccc(Cl)s1)C[C@@H](O)COCc1cccs1. The van der Waals surface area contributed by atoms with Gasteiger partial charge in [0.25, 0.3) is 0 Å². The second-order valence-corrected chi connectivity index (χ2v) is 7.48. The average Bonchev–Trinajstić information content (AvgIpc) is 3.01. The van der Waals surface area contributed by atoms with E-state index < -0.39 is 6.10 Å². The summed E-state index contributed by atoms with van der Waals surface area (Å²) < 4.78 is 6.31. The summed E-state index contributed by atoms with van der Waals surface area (Å²) in [5, 5.41) is 12.0. The van der Waals surface area contributed by atoms with Gasteiger partial charge in [-0.2, -0.15) is 0 Å². The van der Waals surface area contributed by atoms with Gasteiger partial charge in [0.05, 0.1) is 23.7 Å². The van der Waals surface area contributed by atoms with E-state index in [1.54, 1.807) is 22.7 Å². The summed E-state index contributed by atoms with van der Waals surface area (Å²) in [5.74, 6) is 0. The van der Waals surface area contributed by atoms with Crippen molar-refractivity contribution in [1.82, 2.24) is 4.90 Å². The van der Waals surface area contributed by atoms with Crippen LogP contribution in [0, 0.1) is 0 Å². The molecule has 0 spiro atoms. The van der Waals surface area contributed by atoms with Gasteiger partial charge in [-0.05, 0) is 30.6 Å². The first kappa shape index (κ1) is 15.9. The molecular formula is C14H18ClNO2S2. The number of halogens is 1. The first-order chi connectivity index (χ1) is 9.63. The van der Waals surface area contributed by atoms with Crippen molar-refractivity contribution in [3.63, 3.8) is 0 Å². The molecule has 0 saturated heterocycles. The molecule has 1 atom stereocenters. The molecule has 0 unspecified atom stereocenters. The first-order valence-corrected chi connectivity index (χ1v) is 8.42. The van der Waals surface area contributed by atoms with E-state index in [1.165, 1.54) is 9.75 Å². The predicted octanol–water partition coefficient (Wildman–Crippen LogP) is 3.47. The molecule has 3 nitrogen and oxygen atoms in total. The third kappa shape index (κ3) is 5.52. The zero-order valence-electron chi connectivity index (χ0n) is 11.3. The van der Waals surface area contributed by atoms with Crippen LogP contribution in [-0.2, 0) is 17.9 Å². The van der Waals surface area contributed by atoms with Crippen molar-refractivity contribution in [3.8, 4) is 0 Å². The van der Waals surface area contributed by atoms with Gasteiger partial charge in [-0.15, -0.1) is 22.7 Å². The largest absolute Gasteiger partial charge is 0.389 e. The number of hydrogen-bond acceptors (Lipinski definition) is 5. The maximum absolute atomic E-state index is 9.95. The van der Waals surface area contributed by atoms with Crippen LogP contribution in [0.3, 0.4) is 0 Å². The highest BCUT2D eigenvalue weighted by atomic mass is 35.5. The van der Waals surface area contributed by atoms with Crippen LogP contribution in [0.2, 0.25) is 4.34 Å². The van der Waals surface area contributed by atoms with Gasteiger partial charge in [0, 0.05) is 22.8 Å². The van der Waals surface area contributed by atoms with Crippen molar-refractivity contribution < 1.29 is 9.84 Å². The standard InChI is InChI=1S/C14H18ClNO2S2/c1-16(8-12-4-5-14(15)20-12)7-11(17)9-18-10-13-3-2-6-19-13/h2-6,11,17H,7-10H2,1H3/t11-/m1/s1. The summed E-state index contributed by atoms with van der Waals surface area (Å²) in [7, 11) is 1.98. The summed E-state index contributed by atoms with van der Waals surface area (Å²) in [5.41, 5.74) is 0. The van der Waals surface area contributed by atoms with E-state index in [1.807, 2.05) is 36.7 Å². The minimum absolute atomic E-state index is 0.355. The van der Waals surface area contributed by atoms with Crippen molar-refractivity contribution in [1.29, 1.82) is 0 Å². The minimum atomic E-state index is -0.476. The van der Waals surface area contributed by atoms with Crippen LogP contribution in [0.5, 0.6) is 0 Å². The van der Waals surface area contributed by atoms with Crippen LogP contribution in [0.1, 0.15) is 9.75 Å². The smallest absolute Gasteiger partial charge is 0.0931 e. The van der Waals surface area contributed by atoms with Crippen molar-refractivity contribution in [2.75, 3.05) is 20.2 Å². The Bertz CT molecular complexity index is 501. The quantitative estimate of drug-likeness (QED) is 0.804. The van der Waals surface area contributed by atoms with Gasteiger partial charge in [0.1, 0.15) is 0 Å². The van der Waals surface area contributed by atoms with Crippen molar-refractivity contribution >= 4 is 34.3 Å². The molecule has 1 N–H and O–H groups in total. The maximum atomic E-state index is 9.95.